The van der Waals surface area contributed by atoms with Gasteiger partial charge in [-0.3, -0.25) is 4.79 Å². The average Bonchev–Trinajstić information content (AvgIpc) is 2.75. The van der Waals surface area contributed by atoms with Crippen molar-refractivity contribution in [2.45, 2.75) is 11.8 Å². The molecule has 1 aromatic heterocycles. The van der Waals surface area contributed by atoms with Crippen LogP contribution in [-0.4, -0.2) is 48.7 Å². The highest BCUT2D eigenvalue weighted by Gasteiger charge is 2.30. The van der Waals surface area contributed by atoms with Crippen molar-refractivity contribution in [2.24, 2.45) is 0 Å². The number of sulfonamides is 1. The van der Waals surface area contributed by atoms with Crippen LogP contribution in [0.15, 0.2) is 76.4 Å². The Hall–Kier alpha value is -2.97. The van der Waals surface area contributed by atoms with E-state index in [1.54, 1.807) is 31.2 Å². The summed E-state index contributed by atoms with van der Waals surface area (Å²) in [4.78, 5) is 14.6. The van der Waals surface area contributed by atoms with Crippen LogP contribution in [0.4, 0.5) is 5.82 Å². The van der Waals surface area contributed by atoms with E-state index in [1.807, 2.05) is 41.3 Å². The molecule has 0 radical (unpaired) electrons. The molecule has 0 unspecified atom stereocenters. The second-order valence-corrected chi connectivity index (χ2v) is 8.84. The minimum atomic E-state index is -3.53. The lowest BCUT2D eigenvalue weighted by Gasteiger charge is -2.34. The number of aryl methyl sites for hydroxylation is 1. The standard InChI is InChI=1S/C21H22N4O3S/c1-17-7-5-6-10-19(17)29(27,28)24-15-13-23(14-16-24)20-11-12-21(26)25(22-20)18-8-3-2-4-9-18/h2-12H,13-16H2,1H3. The van der Waals surface area contributed by atoms with Gasteiger partial charge in [-0.15, -0.1) is 5.10 Å². The minimum absolute atomic E-state index is 0.208. The first-order valence-electron chi connectivity index (χ1n) is 9.43. The molecule has 2 heterocycles. The quantitative estimate of drug-likeness (QED) is 0.658. The van der Waals surface area contributed by atoms with E-state index in [-0.39, 0.29) is 5.56 Å². The molecule has 0 bridgehead atoms. The van der Waals surface area contributed by atoms with Crippen LogP contribution in [0.25, 0.3) is 5.69 Å². The zero-order valence-electron chi connectivity index (χ0n) is 16.1. The molecule has 0 N–H and O–H groups in total. The van der Waals surface area contributed by atoms with E-state index in [4.69, 9.17) is 0 Å². The summed E-state index contributed by atoms with van der Waals surface area (Å²) in [6, 6.07) is 19.4. The highest BCUT2D eigenvalue weighted by Crippen LogP contribution is 2.22. The Labute approximate surface area is 169 Å². The molecule has 1 saturated heterocycles. The average molecular weight is 410 g/mol. The molecular formula is C21H22N4O3S. The first kappa shape index (κ1) is 19.4. The van der Waals surface area contributed by atoms with Crippen LogP contribution >= 0.6 is 0 Å². The van der Waals surface area contributed by atoms with Crippen LogP contribution in [0.5, 0.6) is 0 Å². The van der Waals surface area contributed by atoms with E-state index < -0.39 is 10.0 Å². The van der Waals surface area contributed by atoms with Gasteiger partial charge in [0.2, 0.25) is 10.0 Å². The maximum absolute atomic E-state index is 13.0. The first-order valence-corrected chi connectivity index (χ1v) is 10.9. The third kappa shape index (κ3) is 3.81. The number of rotatable bonds is 4. The monoisotopic (exact) mass is 410 g/mol. The molecule has 1 aliphatic heterocycles. The molecule has 150 valence electrons. The Kier molecular flexibility index (Phi) is 5.21. The summed E-state index contributed by atoms with van der Waals surface area (Å²) in [5.74, 6) is 0.654. The Morgan fingerprint density at radius 1 is 0.828 bits per heavy atom. The van der Waals surface area contributed by atoms with Gasteiger partial charge in [-0.05, 0) is 36.8 Å². The molecule has 8 heteroatoms. The van der Waals surface area contributed by atoms with Gasteiger partial charge in [0.25, 0.3) is 5.56 Å². The molecule has 0 atom stereocenters. The maximum atomic E-state index is 13.0. The molecular weight excluding hydrogens is 388 g/mol. The van der Waals surface area contributed by atoms with E-state index in [9.17, 15) is 13.2 Å². The smallest absolute Gasteiger partial charge is 0.271 e. The lowest BCUT2D eigenvalue weighted by Crippen LogP contribution is -2.49. The van der Waals surface area contributed by atoms with Gasteiger partial charge in [0, 0.05) is 32.2 Å². The van der Waals surface area contributed by atoms with Gasteiger partial charge >= 0.3 is 0 Å². The van der Waals surface area contributed by atoms with E-state index >= 15 is 0 Å². The van der Waals surface area contributed by atoms with Crippen LogP contribution in [0, 0.1) is 6.92 Å². The fourth-order valence-electron chi connectivity index (χ4n) is 3.47. The Morgan fingerprint density at radius 2 is 1.48 bits per heavy atom. The van der Waals surface area contributed by atoms with Gasteiger partial charge < -0.3 is 4.90 Å². The summed E-state index contributed by atoms with van der Waals surface area (Å²) in [5, 5.41) is 4.49. The molecule has 29 heavy (non-hydrogen) atoms. The SMILES string of the molecule is Cc1ccccc1S(=O)(=O)N1CCN(c2ccc(=O)n(-c3ccccc3)n2)CC1. The zero-order chi connectivity index (χ0) is 20.4. The molecule has 7 nitrogen and oxygen atoms in total. The van der Waals surface area contributed by atoms with E-state index in [2.05, 4.69) is 5.10 Å². The van der Waals surface area contributed by atoms with Gasteiger partial charge in [0.1, 0.15) is 5.82 Å². The van der Waals surface area contributed by atoms with E-state index in [0.717, 1.165) is 5.56 Å². The summed E-state index contributed by atoms with van der Waals surface area (Å²) in [7, 11) is -3.53. The molecule has 1 aliphatic rings. The molecule has 0 aliphatic carbocycles. The minimum Gasteiger partial charge on any atom is -0.353 e. The van der Waals surface area contributed by atoms with Crippen LogP contribution in [0.1, 0.15) is 5.56 Å². The molecule has 3 aromatic rings. The predicted octanol–water partition coefficient (Wildman–Crippen LogP) is 2.05. The van der Waals surface area contributed by atoms with Crippen molar-refractivity contribution in [3.8, 4) is 5.69 Å². The second kappa shape index (κ2) is 7.81. The first-order chi connectivity index (χ1) is 14.0. The molecule has 4 rings (SSSR count). The van der Waals surface area contributed by atoms with Crippen molar-refractivity contribution in [1.29, 1.82) is 0 Å². The van der Waals surface area contributed by atoms with Crippen molar-refractivity contribution < 1.29 is 8.42 Å². The highest BCUT2D eigenvalue weighted by molar-refractivity contribution is 7.89. The fourth-order valence-corrected chi connectivity index (χ4v) is 5.11. The van der Waals surface area contributed by atoms with E-state index in [1.165, 1.54) is 15.1 Å². The summed E-state index contributed by atoms with van der Waals surface area (Å²) in [5.41, 5.74) is 1.23. The van der Waals surface area contributed by atoms with Gasteiger partial charge in [-0.25, -0.2) is 8.42 Å². The van der Waals surface area contributed by atoms with Crippen molar-refractivity contribution in [2.75, 3.05) is 31.1 Å². The van der Waals surface area contributed by atoms with Crippen molar-refractivity contribution >= 4 is 15.8 Å². The third-order valence-electron chi connectivity index (χ3n) is 5.06. The van der Waals surface area contributed by atoms with Crippen molar-refractivity contribution in [1.82, 2.24) is 14.1 Å². The number of para-hydroxylation sites is 1. The maximum Gasteiger partial charge on any atom is 0.271 e. The molecule has 0 saturated carbocycles. The number of hydrogen-bond acceptors (Lipinski definition) is 5. The van der Waals surface area contributed by atoms with Gasteiger partial charge in [-0.2, -0.15) is 8.99 Å². The van der Waals surface area contributed by atoms with Gasteiger partial charge in [0.15, 0.2) is 0 Å². The van der Waals surface area contributed by atoms with Gasteiger partial charge in [-0.1, -0.05) is 36.4 Å². The predicted molar refractivity (Wildman–Crippen MR) is 112 cm³/mol. The van der Waals surface area contributed by atoms with Crippen LogP contribution in [0.3, 0.4) is 0 Å². The molecule has 0 amide bonds. The second-order valence-electron chi connectivity index (χ2n) is 6.93. The number of anilines is 1. The summed E-state index contributed by atoms with van der Waals surface area (Å²) < 4.78 is 28.8. The van der Waals surface area contributed by atoms with E-state index in [0.29, 0.717) is 42.6 Å². The lowest BCUT2D eigenvalue weighted by atomic mass is 10.2. The molecule has 2 aromatic carbocycles. The normalized spacial score (nSPS) is 15.4. The van der Waals surface area contributed by atoms with Crippen molar-refractivity contribution in [3.05, 3.63) is 82.6 Å². The summed E-state index contributed by atoms with van der Waals surface area (Å²) in [6.07, 6.45) is 0. The number of benzene rings is 2. The van der Waals surface area contributed by atoms with Crippen LogP contribution < -0.4 is 10.5 Å². The van der Waals surface area contributed by atoms with Crippen molar-refractivity contribution in [3.63, 3.8) is 0 Å². The van der Waals surface area contributed by atoms with Crippen LogP contribution in [-0.2, 0) is 10.0 Å². The highest BCUT2D eigenvalue weighted by atomic mass is 32.2. The zero-order valence-corrected chi connectivity index (χ0v) is 16.9. The third-order valence-corrected chi connectivity index (χ3v) is 7.12. The number of hydrogen-bond donors (Lipinski definition) is 0. The Balaban J connectivity index is 1.53. The Morgan fingerprint density at radius 3 is 2.17 bits per heavy atom. The van der Waals surface area contributed by atoms with Crippen LogP contribution in [0.2, 0.25) is 0 Å². The summed E-state index contributed by atoms with van der Waals surface area (Å²) >= 11 is 0. The topological polar surface area (TPSA) is 75.5 Å². The largest absolute Gasteiger partial charge is 0.353 e. The lowest BCUT2D eigenvalue weighted by molar-refractivity contribution is 0.383. The number of nitrogens with zero attached hydrogens (tertiary/aromatic N) is 4. The fraction of sp³-hybridized carbons (Fsp3) is 0.238. The molecule has 0 spiro atoms. The molecule has 1 fully saturated rings. The summed E-state index contributed by atoms with van der Waals surface area (Å²) in [6.45, 7) is 3.54. The number of aromatic nitrogens is 2. The van der Waals surface area contributed by atoms with Gasteiger partial charge in [0.05, 0.1) is 10.6 Å². The number of piperazine rings is 1. The Bertz CT molecular complexity index is 1170.